The van der Waals surface area contributed by atoms with Gasteiger partial charge in [-0.2, -0.15) is 0 Å². The summed E-state index contributed by atoms with van der Waals surface area (Å²) in [6, 6.07) is 11.2. The lowest BCUT2D eigenvalue weighted by Gasteiger charge is -2.42. The first-order chi connectivity index (χ1) is 12.0. The molecule has 3 rings (SSSR count). The first-order valence-electron chi connectivity index (χ1n) is 8.20. The van der Waals surface area contributed by atoms with Crippen molar-refractivity contribution in [3.8, 4) is 12.3 Å². The highest BCUT2D eigenvalue weighted by molar-refractivity contribution is 5.89. The van der Waals surface area contributed by atoms with Crippen molar-refractivity contribution in [1.29, 1.82) is 0 Å². The first-order valence-corrected chi connectivity index (χ1v) is 8.20. The summed E-state index contributed by atoms with van der Waals surface area (Å²) in [5, 5.41) is 21.3. The molecule has 0 unspecified atom stereocenters. The molecule has 1 aliphatic heterocycles. The van der Waals surface area contributed by atoms with Gasteiger partial charge in [0.2, 0.25) is 0 Å². The number of piperidine rings is 1. The first kappa shape index (κ1) is 16.8. The molecule has 0 spiro atoms. The Hall–Kier alpha value is -3.00. The van der Waals surface area contributed by atoms with Gasteiger partial charge >= 0.3 is 12.1 Å². The van der Waals surface area contributed by atoms with Crippen LogP contribution in [0.3, 0.4) is 0 Å². The summed E-state index contributed by atoms with van der Waals surface area (Å²) in [5.74, 6) is 1.49. The maximum Gasteiger partial charge on any atom is 0.408 e. The number of nitrogens with zero attached hydrogens (tertiary/aromatic N) is 1. The van der Waals surface area contributed by atoms with E-state index < -0.39 is 17.6 Å². The lowest BCUT2D eigenvalue weighted by Crippen LogP contribution is -2.60. The number of carboxylic acids is 1. The Balaban J connectivity index is 2.12. The fourth-order valence-electron chi connectivity index (χ4n) is 3.69. The SMILES string of the molecule is C#Cc1ccc2cccc(C[C@]3(C(=O)O)CCCCN3C(=O)O)c2c1. The molecule has 1 fully saturated rings. The Morgan fingerprint density at radius 2 is 2.00 bits per heavy atom. The van der Waals surface area contributed by atoms with Crippen LogP contribution in [0.25, 0.3) is 10.8 Å². The summed E-state index contributed by atoms with van der Waals surface area (Å²) in [6.07, 6.45) is 6.09. The number of likely N-dealkylation sites (tertiary alicyclic amines) is 1. The zero-order chi connectivity index (χ0) is 18.0. The molecule has 5 heteroatoms. The number of hydrogen-bond acceptors (Lipinski definition) is 2. The zero-order valence-corrected chi connectivity index (χ0v) is 13.7. The van der Waals surface area contributed by atoms with Crippen LogP contribution in [0.2, 0.25) is 0 Å². The van der Waals surface area contributed by atoms with E-state index in [0.717, 1.165) is 21.2 Å². The topological polar surface area (TPSA) is 77.8 Å². The molecule has 128 valence electrons. The molecule has 2 N–H and O–H groups in total. The predicted molar refractivity (Wildman–Crippen MR) is 94.5 cm³/mol. The Bertz CT molecular complexity index is 883. The van der Waals surface area contributed by atoms with Gasteiger partial charge in [0.05, 0.1) is 0 Å². The number of hydrogen-bond donors (Lipinski definition) is 2. The average molecular weight is 337 g/mol. The molecular weight excluding hydrogens is 318 g/mol. The molecule has 2 aromatic carbocycles. The maximum atomic E-state index is 12.1. The number of carbonyl (C=O) groups is 2. The van der Waals surface area contributed by atoms with E-state index in [9.17, 15) is 19.8 Å². The monoisotopic (exact) mass is 337 g/mol. The van der Waals surface area contributed by atoms with Crippen molar-refractivity contribution in [1.82, 2.24) is 4.90 Å². The molecule has 1 aliphatic rings. The summed E-state index contributed by atoms with van der Waals surface area (Å²) in [5.41, 5.74) is 0.0676. The van der Waals surface area contributed by atoms with Crippen LogP contribution in [0.1, 0.15) is 30.4 Å². The molecule has 0 radical (unpaired) electrons. The lowest BCUT2D eigenvalue weighted by molar-refractivity contribution is -0.152. The van der Waals surface area contributed by atoms with Gasteiger partial charge in [-0.25, -0.2) is 9.59 Å². The highest BCUT2D eigenvalue weighted by atomic mass is 16.4. The van der Waals surface area contributed by atoms with E-state index in [4.69, 9.17) is 6.42 Å². The van der Waals surface area contributed by atoms with Crippen molar-refractivity contribution in [3.05, 3.63) is 47.5 Å². The fraction of sp³-hybridized carbons (Fsp3) is 0.300. The van der Waals surface area contributed by atoms with Gasteiger partial charge in [0, 0.05) is 18.5 Å². The second-order valence-corrected chi connectivity index (χ2v) is 6.40. The van der Waals surface area contributed by atoms with Crippen molar-refractivity contribution in [2.24, 2.45) is 0 Å². The molecule has 1 saturated heterocycles. The van der Waals surface area contributed by atoms with Crippen LogP contribution >= 0.6 is 0 Å². The van der Waals surface area contributed by atoms with Gasteiger partial charge in [0.25, 0.3) is 0 Å². The van der Waals surface area contributed by atoms with E-state index >= 15 is 0 Å². The summed E-state index contributed by atoms with van der Waals surface area (Å²) >= 11 is 0. The molecule has 1 heterocycles. The number of terminal acetylenes is 1. The molecular formula is C20H19NO4. The van der Waals surface area contributed by atoms with Crippen molar-refractivity contribution in [2.75, 3.05) is 6.54 Å². The second kappa shape index (κ2) is 6.48. The molecule has 0 aliphatic carbocycles. The Morgan fingerprint density at radius 1 is 1.20 bits per heavy atom. The summed E-state index contributed by atoms with van der Waals surface area (Å²) in [7, 11) is 0. The number of aliphatic carboxylic acids is 1. The highest BCUT2D eigenvalue weighted by Crippen LogP contribution is 2.34. The van der Waals surface area contributed by atoms with E-state index in [2.05, 4.69) is 5.92 Å². The van der Waals surface area contributed by atoms with Crippen molar-refractivity contribution in [2.45, 2.75) is 31.2 Å². The van der Waals surface area contributed by atoms with Gasteiger partial charge in [-0.1, -0.05) is 30.2 Å². The number of carboxylic acid groups (broad SMARTS) is 2. The lowest BCUT2D eigenvalue weighted by atomic mass is 9.80. The van der Waals surface area contributed by atoms with E-state index in [0.29, 0.717) is 24.8 Å². The van der Waals surface area contributed by atoms with Crippen LogP contribution in [0, 0.1) is 12.3 Å². The third-order valence-electron chi connectivity index (χ3n) is 4.99. The third kappa shape index (κ3) is 2.91. The second-order valence-electron chi connectivity index (χ2n) is 6.40. The fourth-order valence-corrected chi connectivity index (χ4v) is 3.69. The largest absolute Gasteiger partial charge is 0.479 e. The normalized spacial score (nSPS) is 20.2. The molecule has 1 atom stereocenters. The number of rotatable bonds is 3. The van der Waals surface area contributed by atoms with Crippen molar-refractivity contribution < 1.29 is 19.8 Å². The summed E-state index contributed by atoms with van der Waals surface area (Å²) in [4.78, 5) is 24.9. The van der Waals surface area contributed by atoms with Gasteiger partial charge in [-0.3, -0.25) is 4.90 Å². The van der Waals surface area contributed by atoms with Crippen LogP contribution in [-0.4, -0.2) is 39.3 Å². The molecule has 0 saturated carbocycles. The summed E-state index contributed by atoms with van der Waals surface area (Å²) < 4.78 is 0. The minimum Gasteiger partial charge on any atom is -0.479 e. The van der Waals surface area contributed by atoms with Crippen LogP contribution in [-0.2, 0) is 11.2 Å². The maximum absolute atomic E-state index is 12.1. The van der Waals surface area contributed by atoms with Gasteiger partial charge in [0.15, 0.2) is 0 Å². The van der Waals surface area contributed by atoms with Gasteiger partial charge in [-0.15, -0.1) is 6.42 Å². The summed E-state index contributed by atoms with van der Waals surface area (Å²) in [6.45, 7) is 0.238. The van der Waals surface area contributed by atoms with E-state index in [1.54, 1.807) is 0 Å². The predicted octanol–water partition coefficient (Wildman–Crippen LogP) is 3.35. The third-order valence-corrected chi connectivity index (χ3v) is 4.99. The van der Waals surface area contributed by atoms with Gasteiger partial charge < -0.3 is 10.2 Å². The zero-order valence-electron chi connectivity index (χ0n) is 13.7. The van der Waals surface area contributed by atoms with Gasteiger partial charge in [-0.05, 0) is 47.7 Å². The van der Waals surface area contributed by atoms with Crippen molar-refractivity contribution >= 4 is 22.8 Å². The molecule has 1 amide bonds. The highest BCUT2D eigenvalue weighted by Gasteiger charge is 2.48. The number of fused-ring (bicyclic) bond motifs is 1. The standard InChI is InChI=1S/C20H19NO4/c1-2-14-8-9-15-6-5-7-16(17(15)12-14)13-20(18(22)23)10-3-4-11-21(20)19(24)25/h1,5-9,12H,3-4,10-11,13H2,(H,22,23)(H,24,25)/t20-/m0/s1. The molecule has 0 bridgehead atoms. The van der Waals surface area contributed by atoms with Crippen LogP contribution < -0.4 is 0 Å². The van der Waals surface area contributed by atoms with Crippen LogP contribution in [0.15, 0.2) is 36.4 Å². The number of amides is 1. The molecule has 25 heavy (non-hydrogen) atoms. The van der Waals surface area contributed by atoms with E-state index in [1.165, 1.54) is 0 Å². The smallest absolute Gasteiger partial charge is 0.408 e. The van der Waals surface area contributed by atoms with E-state index in [1.807, 2.05) is 36.4 Å². The van der Waals surface area contributed by atoms with Crippen molar-refractivity contribution in [3.63, 3.8) is 0 Å². The molecule has 0 aromatic heterocycles. The minimum absolute atomic E-state index is 0.125. The minimum atomic E-state index is -1.44. The number of benzene rings is 2. The quantitative estimate of drug-likeness (QED) is 0.842. The van der Waals surface area contributed by atoms with Crippen LogP contribution in [0.4, 0.5) is 4.79 Å². The Morgan fingerprint density at radius 3 is 2.68 bits per heavy atom. The Labute approximate surface area is 145 Å². The van der Waals surface area contributed by atoms with Crippen LogP contribution in [0.5, 0.6) is 0 Å². The molecule has 5 nitrogen and oxygen atoms in total. The molecule has 2 aromatic rings. The average Bonchev–Trinajstić information content (AvgIpc) is 2.61. The Kier molecular flexibility index (Phi) is 4.37. The van der Waals surface area contributed by atoms with Gasteiger partial charge in [0.1, 0.15) is 5.54 Å². The van der Waals surface area contributed by atoms with E-state index in [-0.39, 0.29) is 13.0 Å².